The van der Waals surface area contributed by atoms with Gasteiger partial charge in [0.2, 0.25) is 5.76 Å². The Kier molecular flexibility index (Phi) is 6.45. The third kappa shape index (κ3) is 5.19. The Hall–Kier alpha value is -4.70. The van der Waals surface area contributed by atoms with Crippen LogP contribution in [0.5, 0.6) is 0 Å². The lowest BCUT2D eigenvalue weighted by Gasteiger charge is -2.26. The van der Waals surface area contributed by atoms with E-state index >= 15 is 0 Å². The van der Waals surface area contributed by atoms with Gasteiger partial charge in [-0.25, -0.2) is 18.9 Å². The van der Waals surface area contributed by atoms with Crippen molar-refractivity contribution in [3.63, 3.8) is 0 Å². The largest absolute Gasteiger partial charge is 0.436 e. The van der Waals surface area contributed by atoms with E-state index in [4.69, 9.17) is 4.42 Å². The van der Waals surface area contributed by atoms with Crippen LogP contribution >= 0.6 is 0 Å². The molecule has 2 aromatic carbocycles. The summed E-state index contributed by atoms with van der Waals surface area (Å²) in [4.78, 5) is 28.0. The number of nitrogens with one attached hydrogen (secondary N) is 1. The van der Waals surface area contributed by atoms with Gasteiger partial charge in [-0.3, -0.25) is 9.69 Å². The molecule has 39 heavy (non-hydrogen) atoms. The number of carbonyl (C=O) groups is 1. The topological polar surface area (TPSA) is 101 Å². The molecular weight excluding hydrogens is 497 g/mol. The molecule has 0 saturated carbocycles. The Balaban J connectivity index is 1.21. The monoisotopic (exact) mass is 523 g/mol. The minimum Gasteiger partial charge on any atom is -0.436 e. The van der Waals surface area contributed by atoms with Crippen molar-refractivity contribution in [2.24, 2.45) is 0 Å². The van der Waals surface area contributed by atoms with Crippen LogP contribution in [0.15, 0.2) is 71.4 Å². The van der Waals surface area contributed by atoms with Crippen molar-refractivity contribution in [3.05, 3.63) is 101 Å². The van der Waals surface area contributed by atoms with Crippen LogP contribution in [-0.2, 0) is 6.54 Å². The van der Waals surface area contributed by atoms with Crippen LogP contribution in [0.3, 0.4) is 0 Å². The molecule has 1 N–H and O–H groups in total. The molecular formula is C29H26FN7O2. The van der Waals surface area contributed by atoms with Crippen molar-refractivity contribution in [3.8, 4) is 11.4 Å². The summed E-state index contributed by atoms with van der Waals surface area (Å²) in [6.07, 6.45) is 6.76. The quantitative estimate of drug-likeness (QED) is 0.331. The van der Waals surface area contributed by atoms with Gasteiger partial charge in [0.1, 0.15) is 5.82 Å². The first-order valence-electron chi connectivity index (χ1n) is 12.7. The molecule has 0 saturated heterocycles. The van der Waals surface area contributed by atoms with Crippen LogP contribution in [0.1, 0.15) is 39.7 Å². The van der Waals surface area contributed by atoms with Gasteiger partial charge >= 0.3 is 0 Å². The van der Waals surface area contributed by atoms with Gasteiger partial charge in [0.05, 0.1) is 11.3 Å². The fraction of sp³-hybridized carbons (Fsp3) is 0.207. The zero-order valence-corrected chi connectivity index (χ0v) is 21.6. The first-order chi connectivity index (χ1) is 18.9. The second-order valence-corrected chi connectivity index (χ2v) is 9.52. The predicted molar refractivity (Wildman–Crippen MR) is 144 cm³/mol. The van der Waals surface area contributed by atoms with Crippen molar-refractivity contribution in [1.82, 2.24) is 29.5 Å². The van der Waals surface area contributed by atoms with E-state index in [9.17, 15) is 9.18 Å². The van der Waals surface area contributed by atoms with Crippen molar-refractivity contribution < 1.29 is 13.6 Å². The van der Waals surface area contributed by atoms with Gasteiger partial charge in [-0.1, -0.05) is 36.4 Å². The first kappa shape index (κ1) is 24.6. The van der Waals surface area contributed by atoms with Gasteiger partial charge in [-0.15, -0.1) is 5.10 Å². The minimum atomic E-state index is -0.510. The number of oxazole rings is 1. The Morgan fingerprint density at radius 2 is 1.97 bits per heavy atom. The summed E-state index contributed by atoms with van der Waals surface area (Å²) < 4.78 is 21.8. The predicted octanol–water partition coefficient (Wildman–Crippen LogP) is 5.08. The second kappa shape index (κ2) is 10.2. The molecule has 1 aliphatic heterocycles. The highest BCUT2D eigenvalue weighted by molar-refractivity contribution is 6.03. The highest BCUT2D eigenvalue weighted by atomic mass is 19.1. The van der Waals surface area contributed by atoms with Gasteiger partial charge < -0.3 is 9.73 Å². The number of hydrogen-bond acceptors (Lipinski definition) is 7. The number of anilines is 1. The number of aryl methyl sites for hydroxylation is 2. The standard InChI is InChI=1S/C29H26FN7O2/c1-18-26(39-19(2)32-18)28(38)33-23-8-9-25(30)24(14-23)27-34-29-31-15-22(17-37(29)35-27)21-10-12-36(13-11-21)16-20-6-4-3-5-7-20/h3-10,14-15,17H,11-13,16H2,1-2H3,(H,33,38). The van der Waals surface area contributed by atoms with Gasteiger partial charge in [-0.05, 0) is 42.7 Å². The molecule has 5 aromatic rings. The number of halogens is 1. The minimum absolute atomic E-state index is 0.112. The fourth-order valence-corrected chi connectivity index (χ4v) is 4.72. The zero-order chi connectivity index (χ0) is 26.9. The molecule has 4 heterocycles. The maximum Gasteiger partial charge on any atom is 0.293 e. The third-order valence-electron chi connectivity index (χ3n) is 6.68. The van der Waals surface area contributed by atoms with Crippen LogP contribution in [-0.4, -0.2) is 48.5 Å². The Morgan fingerprint density at radius 1 is 1.13 bits per heavy atom. The molecule has 0 spiro atoms. The molecule has 1 amide bonds. The summed E-state index contributed by atoms with van der Waals surface area (Å²) in [7, 11) is 0. The van der Waals surface area contributed by atoms with Crippen molar-refractivity contribution in [1.29, 1.82) is 0 Å². The van der Waals surface area contributed by atoms with E-state index in [1.807, 2.05) is 12.3 Å². The van der Waals surface area contributed by atoms with E-state index in [2.05, 4.69) is 60.6 Å². The normalized spacial score (nSPS) is 14.0. The lowest BCUT2D eigenvalue weighted by atomic mass is 10.0. The van der Waals surface area contributed by atoms with Gasteiger partial charge in [0.15, 0.2) is 11.7 Å². The molecule has 196 valence electrons. The Morgan fingerprint density at radius 3 is 2.72 bits per heavy atom. The van der Waals surface area contributed by atoms with Crippen LogP contribution in [0, 0.1) is 19.7 Å². The van der Waals surface area contributed by atoms with E-state index in [0.717, 1.165) is 31.6 Å². The molecule has 0 radical (unpaired) electrons. The summed E-state index contributed by atoms with van der Waals surface area (Å²) in [6, 6.07) is 14.7. The Bertz CT molecular complexity index is 1710. The van der Waals surface area contributed by atoms with Crippen LogP contribution in [0.25, 0.3) is 22.7 Å². The van der Waals surface area contributed by atoms with E-state index in [0.29, 0.717) is 23.0 Å². The van der Waals surface area contributed by atoms with Crippen molar-refractivity contribution in [2.45, 2.75) is 26.8 Å². The lowest BCUT2D eigenvalue weighted by molar-refractivity contribution is 0.0994. The number of aromatic nitrogens is 5. The van der Waals surface area contributed by atoms with E-state index < -0.39 is 11.7 Å². The van der Waals surface area contributed by atoms with Crippen LogP contribution < -0.4 is 5.32 Å². The summed E-state index contributed by atoms with van der Waals surface area (Å²) in [6.45, 7) is 6.06. The summed E-state index contributed by atoms with van der Waals surface area (Å²) >= 11 is 0. The number of fused-ring (bicyclic) bond motifs is 1. The number of benzene rings is 2. The van der Waals surface area contributed by atoms with E-state index in [-0.39, 0.29) is 17.1 Å². The average Bonchev–Trinajstić information content (AvgIpc) is 3.52. The fourth-order valence-electron chi connectivity index (χ4n) is 4.72. The lowest BCUT2D eigenvalue weighted by Crippen LogP contribution is -2.28. The zero-order valence-electron chi connectivity index (χ0n) is 21.6. The number of carbonyl (C=O) groups excluding carboxylic acids is 1. The van der Waals surface area contributed by atoms with Gasteiger partial charge in [0.25, 0.3) is 11.7 Å². The van der Waals surface area contributed by atoms with E-state index in [1.54, 1.807) is 24.6 Å². The summed E-state index contributed by atoms with van der Waals surface area (Å²) in [5, 5.41) is 7.22. The SMILES string of the molecule is Cc1nc(C)c(C(=O)Nc2ccc(F)c(-c3nc4ncc(C5=CCN(Cc6ccccc6)CC5)cn4n3)c2)o1. The number of hydrogen-bond donors (Lipinski definition) is 1. The molecule has 1 aliphatic rings. The van der Waals surface area contributed by atoms with Crippen LogP contribution in [0.4, 0.5) is 10.1 Å². The van der Waals surface area contributed by atoms with Gasteiger partial charge in [0, 0.05) is 50.2 Å². The molecule has 0 aliphatic carbocycles. The molecule has 0 fully saturated rings. The maximum absolute atomic E-state index is 14.8. The average molecular weight is 524 g/mol. The number of amides is 1. The molecule has 0 bridgehead atoms. The molecule has 0 unspecified atom stereocenters. The summed E-state index contributed by atoms with van der Waals surface area (Å²) in [5.74, 6) is 0.0595. The maximum atomic E-state index is 14.8. The van der Waals surface area contributed by atoms with Crippen molar-refractivity contribution >= 4 is 22.9 Å². The molecule has 0 atom stereocenters. The first-order valence-corrected chi connectivity index (χ1v) is 12.7. The molecule has 9 nitrogen and oxygen atoms in total. The summed E-state index contributed by atoms with van der Waals surface area (Å²) in [5.41, 5.74) is 4.46. The smallest absolute Gasteiger partial charge is 0.293 e. The second-order valence-electron chi connectivity index (χ2n) is 9.52. The van der Waals surface area contributed by atoms with Gasteiger partial charge in [-0.2, -0.15) is 4.98 Å². The van der Waals surface area contributed by atoms with Crippen molar-refractivity contribution in [2.75, 3.05) is 18.4 Å². The number of rotatable bonds is 6. The third-order valence-corrected chi connectivity index (χ3v) is 6.68. The highest BCUT2D eigenvalue weighted by Gasteiger charge is 2.19. The number of nitrogens with zero attached hydrogens (tertiary/aromatic N) is 6. The Labute approximate surface area is 224 Å². The van der Waals surface area contributed by atoms with Crippen LogP contribution in [0.2, 0.25) is 0 Å². The molecule has 10 heteroatoms. The van der Waals surface area contributed by atoms with E-state index in [1.165, 1.54) is 29.3 Å². The highest BCUT2D eigenvalue weighted by Crippen LogP contribution is 2.26. The molecule has 3 aromatic heterocycles. The molecule has 6 rings (SSSR count).